The average molecular weight is 421 g/mol. The molecule has 0 aromatic heterocycles. The smallest absolute Gasteiger partial charge is 0.338 e. The number of benzene rings is 2. The topological polar surface area (TPSA) is 108 Å². The largest absolute Gasteiger partial charge is 0.493 e. The van der Waals surface area contributed by atoms with Crippen molar-refractivity contribution in [1.82, 2.24) is 0 Å². The zero-order valence-electron chi connectivity index (χ0n) is 16.6. The summed E-state index contributed by atoms with van der Waals surface area (Å²) in [5.74, 6) is -0.356. The lowest BCUT2D eigenvalue weighted by molar-refractivity contribution is -0.123. The predicted molar refractivity (Wildman–Crippen MR) is 108 cm³/mol. The second-order valence-corrected chi connectivity index (χ2v) is 8.51. The van der Waals surface area contributed by atoms with E-state index in [0.29, 0.717) is 22.7 Å². The van der Waals surface area contributed by atoms with Crippen LogP contribution in [0.15, 0.2) is 42.5 Å². The van der Waals surface area contributed by atoms with Gasteiger partial charge >= 0.3 is 5.97 Å². The molecular formula is C20H23NO7S. The number of anilines is 1. The summed E-state index contributed by atoms with van der Waals surface area (Å²) >= 11 is 0. The third-order valence-electron chi connectivity index (χ3n) is 3.92. The molecule has 0 radical (unpaired) electrons. The second-order valence-electron chi connectivity index (χ2n) is 6.37. The molecule has 0 aliphatic carbocycles. The van der Waals surface area contributed by atoms with Gasteiger partial charge in [-0.25, -0.2) is 13.2 Å². The number of carbonyl (C=O) groups excluding carboxylic acids is 2. The molecule has 2 rings (SSSR count). The van der Waals surface area contributed by atoms with Crippen molar-refractivity contribution in [2.75, 3.05) is 25.8 Å². The highest BCUT2D eigenvalue weighted by Crippen LogP contribution is 2.29. The summed E-state index contributed by atoms with van der Waals surface area (Å²) in [5, 5.41) is 2.64. The third-order valence-corrected chi connectivity index (χ3v) is 4.78. The molecule has 9 heteroatoms. The van der Waals surface area contributed by atoms with E-state index in [1.165, 1.54) is 45.4 Å². The van der Waals surface area contributed by atoms with Gasteiger partial charge in [0.1, 0.15) is 0 Å². The van der Waals surface area contributed by atoms with Gasteiger partial charge in [-0.1, -0.05) is 12.1 Å². The summed E-state index contributed by atoms with van der Waals surface area (Å²) in [4.78, 5) is 24.6. The molecule has 1 amide bonds. The highest BCUT2D eigenvalue weighted by atomic mass is 32.2. The Hall–Kier alpha value is -3.07. The number of ether oxygens (including phenoxy) is 3. The van der Waals surface area contributed by atoms with E-state index in [1.807, 2.05) is 0 Å². The van der Waals surface area contributed by atoms with E-state index in [4.69, 9.17) is 14.2 Å². The van der Waals surface area contributed by atoms with Crippen molar-refractivity contribution in [1.29, 1.82) is 0 Å². The fourth-order valence-electron chi connectivity index (χ4n) is 2.48. The summed E-state index contributed by atoms with van der Waals surface area (Å²) in [6, 6.07) is 10.9. The molecule has 0 spiro atoms. The van der Waals surface area contributed by atoms with E-state index in [2.05, 4.69) is 5.32 Å². The average Bonchev–Trinajstić information content (AvgIpc) is 2.67. The number of amides is 1. The van der Waals surface area contributed by atoms with E-state index in [0.717, 1.165) is 6.26 Å². The van der Waals surface area contributed by atoms with E-state index in [9.17, 15) is 18.0 Å². The normalized spacial score (nSPS) is 12.0. The van der Waals surface area contributed by atoms with Crippen LogP contribution in [-0.4, -0.2) is 46.9 Å². The molecule has 0 saturated heterocycles. The molecule has 0 aliphatic rings. The predicted octanol–water partition coefficient (Wildman–Crippen LogP) is 2.43. The summed E-state index contributed by atoms with van der Waals surface area (Å²) in [5.41, 5.74) is 1.23. The molecule has 156 valence electrons. The molecule has 0 aliphatic heterocycles. The Balaban J connectivity index is 1.99. The first-order chi connectivity index (χ1) is 13.6. The molecule has 29 heavy (non-hydrogen) atoms. The van der Waals surface area contributed by atoms with Gasteiger partial charge in [0.05, 0.1) is 25.5 Å². The molecule has 2 aromatic rings. The summed E-state index contributed by atoms with van der Waals surface area (Å²) in [6.07, 6.45) is 0.0831. The van der Waals surface area contributed by atoms with Crippen molar-refractivity contribution < 1.29 is 32.2 Å². The van der Waals surface area contributed by atoms with E-state index >= 15 is 0 Å². The maximum atomic E-state index is 12.3. The number of methoxy groups -OCH3 is 2. The van der Waals surface area contributed by atoms with Gasteiger partial charge < -0.3 is 19.5 Å². The highest BCUT2D eigenvalue weighted by Gasteiger charge is 2.20. The SMILES string of the molecule is COc1ccc(NC(=O)[C@H](C)OC(=O)c2ccc(CS(C)(=O)=O)cc2)cc1OC. The Morgan fingerprint density at radius 1 is 1.00 bits per heavy atom. The van der Waals surface area contributed by atoms with E-state index < -0.39 is 27.8 Å². The van der Waals surface area contributed by atoms with Crippen LogP contribution in [0.2, 0.25) is 0 Å². The third kappa shape index (κ3) is 6.49. The van der Waals surface area contributed by atoms with Crippen LogP contribution >= 0.6 is 0 Å². The minimum atomic E-state index is -3.17. The summed E-state index contributed by atoms with van der Waals surface area (Å²) in [6.45, 7) is 1.45. The Labute approximate surface area is 169 Å². The first-order valence-electron chi connectivity index (χ1n) is 8.63. The van der Waals surface area contributed by atoms with Gasteiger partial charge in [-0.05, 0) is 36.8 Å². The van der Waals surface area contributed by atoms with Crippen LogP contribution in [0.3, 0.4) is 0 Å². The maximum absolute atomic E-state index is 12.3. The second kappa shape index (κ2) is 9.42. The first-order valence-corrected chi connectivity index (χ1v) is 10.7. The van der Waals surface area contributed by atoms with Gasteiger partial charge in [0.15, 0.2) is 27.4 Å². The molecule has 1 N–H and O–H groups in total. The number of nitrogens with one attached hydrogen (secondary N) is 1. The Bertz CT molecular complexity index is 984. The van der Waals surface area contributed by atoms with Gasteiger partial charge in [0.2, 0.25) is 0 Å². The van der Waals surface area contributed by atoms with Crippen LogP contribution in [0.5, 0.6) is 11.5 Å². The fourth-order valence-corrected chi connectivity index (χ4v) is 3.28. The van der Waals surface area contributed by atoms with Gasteiger partial charge in [0.25, 0.3) is 5.91 Å². The van der Waals surface area contributed by atoms with Crippen molar-refractivity contribution in [2.45, 2.75) is 18.8 Å². The monoisotopic (exact) mass is 421 g/mol. The minimum absolute atomic E-state index is 0.119. The van der Waals surface area contributed by atoms with Gasteiger partial charge in [0, 0.05) is 18.0 Å². The molecule has 0 bridgehead atoms. The van der Waals surface area contributed by atoms with Crippen molar-refractivity contribution >= 4 is 27.4 Å². The summed E-state index contributed by atoms with van der Waals surface area (Å²) in [7, 11) is -0.179. The number of esters is 1. The van der Waals surface area contributed by atoms with E-state index in [-0.39, 0.29) is 11.3 Å². The highest BCUT2D eigenvalue weighted by molar-refractivity contribution is 7.89. The lowest BCUT2D eigenvalue weighted by Gasteiger charge is -2.15. The lowest BCUT2D eigenvalue weighted by Crippen LogP contribution is -2.30. The van der Waals surface area contributed by atoms with Gasteiger partial charge in [-0.2, -0.15) is 0 Å². The Morgan fingerprint density at radius 3 is 2.17 bits per heavy atom. The fraction of sp³-hybridized carbons (Fsp3) is 0.300. The molecule has 0 fully saturated rings. The molecule has 2 aromatic carbocycles. The van der Waals surface area contributed by atoms with Crippen molar-refractivity contribution in [3.05, 3.63) is 53.6 Å². The zero-order chi connectivity index (χ0) is 21.6. The number of carbonyl (C=O) groups is 2. The standard InChI is InChI=1S/C20H23NO7S/c1-13(19(22)21-16-9-10-17(26-2)18(11-16)27-3)28-20(23)15-7-5-14(6-8-15)12-29(4,24)25/h5-11,13H,12H2,1-4H3,(H,21,22)/t13-/m0/s1. The summed E-state index contributed by atoms with van der Waals surface area (Å²) < 4.78 is 38.1. The Kier molecular flexibility index (Phi) is 7.22. The molecular weight excluding hydrogens is 398 g/mol. The van der Waals surface area contributed by atoms with Crippen LogP contribution < -0.4 is 14.8 Å². The first kappa shape index (κ1) is 22.2. The van der Waals surface area contributed by atoms with Crippen molar-refractivity contribution in [2.24, 2.45) is 0 Å². The number of sulfone groups is 1. The van der Waals surface area contributed by atoms with Gasteiger partial charge in [-0.3, -0.25) is 4.79 Å². The van der Waals surface area contributed by atoms with Crippen molar-refractivity contribution in [3.8, 4) is 11.5 Å². The maximum Gasteiger partial charge on any atom is 0.338 e. The van der Waals surface area contributed by atoms with Crippen LogP contribution in [0.25, 0.3) is 0 Å². The number of hydrogen-bond acceptors (Lipinski definition) is 7. The molecule has 0 saturated carbocycles. The molecule has 8 nitrogen and oxygen atoms in total. The van der Waals surface area contributed by atoms with Crippen LogP contribution in [0, 0.1) is 0 Å². The minimum Gasteiger partial charge on any atom is -0.493 e. The van der Waals surface area contributed by atoms with Crippen LogP contribution in [0.1, 0.15) is 22.8 Å². The van der Waals surface area contributed by atoms with Crippen LogP contribution in [0.4, 0.5) is 5.69 Å². The molecule has 1 atom stereocenters. The molecule has 0 unspecified atom stereocenters. The number of hydrogen-bond donors (Lipinski definition) is 1. The van der Waals surface area contributed by atoms with Crippen LogP contribution in [-0.2, 0) is 25.1 Å². The van der Waals surface area contributed by atoms with Crippen molar-refractivity contribution in [3.63, 3.8) is 0 Å². The number of rotatable bonds is 8. The van der Waals surface area contributed by atoms with E-state index in [1.54, 1.807) is 18.2 Å². The Morgan fingerprint density at radius 2 is 1.62 bits per heavy atom. The zero-order valence-corrected chi connectivity index (χ0v) is 17.4. The van der Waals surface area contributed by atoms with Gasteiger partial charge in [-0.15, -0.1) is 0 Å². The quantitative estimate of drug-likeness (QED) is 0.652. The lowest BCUT2D eigenvalue weighted by atomic mass is 10.1. The molecule has 0 heterocycles.